The number of aromatic nitrogens is 2. The van der Waals surface area contributed by atoms with E-state index in [1.165, 1.54) is 6.07 Å². The number of aliphatic carboxylic acids is 1. The van der Waals surface area contributed by atoms with Gasteiger partial charge in [0, 0.05) is 26.3 Å². The molecule has 0 aliphatic carbocycles. The standard InChI is InChI=1S/C14H15F2N3O2/c1-18-11(4-5-17-18)8-19(9-14(20)21)7-10-2-3-12(15)13(16)6-10/h2-6H,7-9H2,1H3,(H,20,21). The summed E-state index contributed by atoms with van der Waals surface area (Å²) in [6, 6.07) is 5.33. The van der Waals surface area contributed by atoms with E-state index in [0.29, 0.717) is 12.1 Å². The van der Waals surface area contributed by atoms with Gasteiger partial charge in [0.25, 0.3) is 0 Å². The molecule has 0 unspecified atom stereocenters. The van der Waals surface area contributed by atoms with Crippen molar-refractivity contribution in [3.05, 3.63) is 53.4 Å². The summed E-state index contributed by atoms with van der Waals surface area (Å²) in [6.45, 7) is 0.348. The van der Waals surface area contributed by atoms with Crippen LogP contribution in [0.15, 0.2) is 30.5 Å². The highest BCUT2D eigenvalue weighted by Crippen LogP contribution is 2.13. The second kappa shape index (κ2) is 6.45. The summed E-state index contributed by atoms with van der Waals surface area (Å²) in [5, 5.41) is 13.0. The molecular weight excluding hydrogens is 280 g/mol. The summed E-state index contributed by atoms with van der Waals surface area (Å²) in [5.41, 5.74) is 1.34. The lowest BCUT2D eigenvalue weighted by Crippen LogP contribution is -2.29. The molecule has 0 saturated carbocycles. The highest BCUT2D eigenvalue weighted by atomic mass is 19.2. The van der Waals surface area contributed by atoms with Gasteiger partial charge in [-0.25, -0.2) is 8.78 Å². The molecule has 0 amide bonds. The molecule has 2 rings (SSSR count). The molecular formula is C14H15F2N3O2. The summed E-state index contributed by atoms with van der Waals surface area (Å²) in [4.78, 5) is 12.6. The molecule has 5 nitrogen and oxygen atoms in total. The van der Waals surface area contributed by atoms with Gasteiger partial charge in [0.05, 0.1) is 12.2 Å². The molecule has 0 aliphatic rings. The molecule has 0 aliphatic heterocycles. The van der Waals surface area contributed by atoms with Gasteiger partial charge in [0.15, 0.2) is 11.6 Å². The number of carboxylic acids is 1. The summed E-state index contributed by atoms with van der Waals surface area (Å²) in [5.74, 6) is -2.85. The lowest BCUT2D eigenvalue weighted by molar-refractivity contribution is -0.138. The number of carbonyl (C=O) groups is 1. The Balaban J connectivity index is 2.14. The van der Waals surface area contributed by atoms with Crippen molar-refractivity contribution >= 4 is 5.97 Å². The molecule has 1 N–H and O–H groups in total. The molecule has 7 heteroatoms. The van der Waals surface area contributed by atoms with Crippen LogP contribution in [0.1, 0.15) is 11.3 Å². The third-order valence-electron chi connectivity index (χ3n) is 3.06. The second-order valence-corrected chi connectivity index (χ2v) is 4.73. The van der Waals surface area contributed by atoms with Gasteiger partial charge in [-0.1, -0.05) is 6.07 Å². The van der Waals surface area contributed by atoms with E-state index in [2.05, 4.69) is 5.10 Å². The smallest absolute Gasteiger partial charge is 0.317 e. The predicted molar refractivity (Wildman–Crippen MR) is 71.3 cm³/mol. The van der Waals surface area contributed by atoms with E-state index in [0.717, 1.165) is 17.8 Å². The van der Waals surface area contributed by atoms with Crippen LogP contribution in [0.25, 0.3) is 0 Å². The normalized spacial score (nSPS) is 11.0. The number of hydrogen-bond acceptors (Lipinski definition) is 3. The molecule has 1 aromatic carbocycles. The Hall–Kier alpha value is -2.28. The van der Waals surface area contributed by atoms with Gasteiger partial charge in [0.2, 0.25) is 0 Å². The Morgan fingerprint density at radius 2 is 2.05 bits per heavy atom. The number of nitrogens with zero attached hydrogens (tertiary/aromatic N) is 3. The van der Waals surface area contributed by atoms with Gasteiger partial charge in [0.1, 0.15) is 0 Å². The molecule has 0 bridgehead atoms. The fourth-order valence-electron chi connectivity index (χ4n) is 2.04. The van der Waals surface area contributed by atoms with Crippen LogP contribution in [0.4, 0.5) is 8.78 Å². The molecule has 0 atom stereocenters. The summed E-state index contributed by atoms with van der Waals surface area (Å²) in [7, 11) is 1.76. The van der Waals surface area contributed by atoms with Crippen LogP contribution in [0, 0.1) is 11.6 Å². The van der Waals surface area contributed by atoms with E-state index in [-0.39, 0.29) is 13.1 Å². The number of halogens is 2. The third-order valence-corrected chi connectivity index (χ3v) is 3.06. The van der Waals surface area contributed by atoms with Crippen molar-refractivity contribution in [3.8, 4) is 0 Å². The Morgan fingerprint density at radius 1 is 1.29 bits per heavy atom. The van der Waals surface area contributed by atoms with Gasteiger partial charge in [-0.05, 0) is 23.8 Å². The van der Waals surface area contributed by atoms with Crippen LogP contribution in [0.5, 0.6) is 0 Å². The maximum atomic E-state index is 13.2. The van der Waals surface area contributed by atoms with Crippen molar-refractivity contribution in [1.82, 2.24) is 14.7 Å². The molecule has 21 heavy (non-hydrogen) atoms. The Kier molecular flexibility index (Phi) is 4.64. The number of hydrogen-bond donors (Lipinski definition) is 1. The summed E-state index contributed by atoms with van der Waals surface area (Å²) >= 11 is 0. The fraction of sp³-hybridized carbons (Fsp3) is 0.286. The quantitative estimate of drug-likeness (QED) is 0.882. The molecule has 0 spiro atoms. The van der Waals surface area contributed by atoms with Crippen molar-refractivity contribution in [3.63, 3.8) is 0 Å². The van der Waals surface area contributed by atoms with Gasteiger partial charge in [-0.15, -0.1) is 0 Å². The first-order chi connectivity index (χ1) is 9.95. The lowest BCUT2D eigenvalue weighted by Gasteiger charge is -2.20. The Morgan fingerprint density at radius 3 is 2.62 bits per heavy atom. The molecule has 1 aromatic heterocycles. The first-order valence-corrected chi connectivity index (χ1v) is 6.30. The van der Waals surface area contributed by atoms with E-state index in [9.17, 15) is 13.6 Å². The largest absolute Gasteiger partial charge is 0.480 e. The lowest BCUT2D eigenvalue weighted by atomic mass is 10.2. The van der Waals surface area contributed by atoms with Gasteiger partial charge >= 0.3 is 5.97 Å². The van der Waals surface area contributed by atoms with Crippen molar-refractivity contribution in [2.24, 2.45) is 7.05 Å². The fourth-order valence-corrected chi connectivity index (χ4v) is 2.04. The Labute approximate surface area is 120 Å². The van der Waals surface area contributed by atoms with E-state index in [1.807, 2.05) is 0 Å². The van der Waals surface area contributed by atoms with Crippen molar-refractivity contribution in [2.75, 3.05) is 6.54 Å². The zero-order valence-corrected chi connectivity index (χ0v) is 11.5. The zero-order chi connectivity index (χ0) is 15.4. The van der Waals surface area contributed by atoms with Crippen molar-refractivity contribution in [1.29, 1.82) is 0 Å². The van der Waals surface area contributed by atoms with Crippen LogP contribution in [0.3, 0.4) is 0 Å². The second-order valence-electron chi connectivity index (χ2n) is 4.73. The highest BCUT2D eigenvalue weighted by Gasteiger charge is 2.14. The minimum atomic E-state index is -0.986. The third kappa shape index (κ3) is 4.09. The molecule has 2 aromatic rings. The average molecular weight is 295 g/mol. The number of aryl methyl sites for hydroxylation is 1. The molecule has 1 heterocycles. The monoisotopic (exact) mass is 295 g/mol. The maximum absolute atomic E-state index is 13.2. The predicted octanol–water partition coefficient (Wildman–Crippen LogP) is 1.79. The SMILES string of the molecule is Cn1nccc1CN(CC(=O)O)Cc1ccc(F)c(F)c1. The molecule has 112 valence electrons. The molecule has 0 radical (unpaired) electrons. The number of carboxylic acid groups (broad SMARTS) is 1. The minimum absolute atomic E-state index is 0.203. The van der Waals surface area contributed by atoms with Gasteiger partial charge in [-0.3, -0.25) is 14.4 Å². The maximum Gasteiger partial charge on any atom is 0.317 e. The van der Waals surface area contributed by atoms with E-state index in [1.54, 1.807) is 28.9 Å². The number of rotatable bonds is 6. The topological polar surface area (TPSA) is 58.4 Å². The van der Waals surface area contributed by atoms with Gasteiger partial charge < -0.3 is 5.11 Å². The first kappa shape index (κ1) is 15.1. The van der Waals surface area contributed by atoms with Crippen molar-refractivity contribution in [2.45, 2.75) is 13.1 Å². The highest BCUT2D eigenvalue weighted by molar-refractivity contribution is 5.69. The first-order valence-electron chi connectivity index (χ1n) is 6.30. The summed E-state index contributed by atoms with van der Waals surface area (Å²) in [6.07, 6.45) is 1.62. The minimum Gasteiger partial charge on any atom is -0.480 e. The summed E-state index contributed by atoms with van der Waals surface area (Å²) < 4.78 is 27.8. The number of benzene rings is 1. The van der Waals surface area contributed by atoms with E-state index >= 15 is 0 Å². The molecule has 0 saturated heterocycles. The van der Waals surface area contributed by atoms with Crippen LogP contribution >= 0.6 is 0 Å². The Bertz CT molecular complexity index is 643. The average Bonchev–Trinajstić information content (AvgIpc) is 2.79. The van der Waals surface area contributed by atoms with Crippen LogP contribution in [-0.2, 0) is 24.9 Å². The van der Waals surface area contributed by atoms with E-state index < -0.39 is 17.6 Å². The van der Waals surface area contributed by atoms with Crippen LogP contribution in [-0.4, -0.2) is 32.3 Å². The molecule has 0 fully saturated rings. The zero-order valence-electron chi connectivity index (χ0n) is 11.5. The van der Waals surface area contributed by atoms with Crippen molar-refractivity contribution < 1.29 is 18.7 Å². The van der Waals surface area contributed by atoms with Crippen LogP contribution in [0.2, 0.25) is 0 Å². The van der Waals surface area contributed by atoms with Gasteiger partial charge in [-0.2, -0.15) is 5.10 Å². The van der Waals surface area contributed by atoms with Crippen LogP contribution < -0.4 is 0 Å². The van der Waals surface area contributed by atoms with E-state index in [4.69, 9.17) is 5.11 Å².